The Kier molecular flexibility index (Phi) is 8.62. The molecule has 32 heavy (non-hydrogen) atoms. The molecule has 3 amide bonds. The molecular formula is C24H37N3O4S. The molecule has 0 heterocycles. The zero-order valence-corrected chi connectivity index (χ0v) is 21.0. The second-order valence-electron chi connectivity index (χ2n) is 9.89. The first-order valence-corrected chi connectivity index (χ1v) is 11.8. The molecule has 0 bridgehead atoms. The van der Waals surface area contributed by atoms with Crippen LogP contribution in [0, 0.1) is 12.8 Å². The second kappa shape index (κ2) is 10.6. The highest BCUT2D eigenvalue weighted by Crippen LogP contribution is 2.40. The number of benzene rings is 1. The summed E-state index contributed by atoms with van der Waals surface area (Å²) in [5.74, 6) is -0.235. The van der Waals surface area contributed by atoms with E-state index in [2.05, 4.69) is 30.2 Å². The number of nitrogens with zero attached hydrogens (tertiary/aromatic N) is 1. The summed E-state index contributed by atoms with van der Waals surface area (Å²) in [5.41, 5.74) is 1.05. The molecular weight excluding hydrogens is 426 g/mol. The van der Waals surface area contributed by atoms with Gasteiger partial charge in [0.1, 0.15) is 17.7 Å². The maximum atomic E-state index is 13.7. The van der Waals surface area contributed by atoms with Crippen LogP contribution in [0.3, 0.4) is 0 Å². The van der Waals surface area contributed by atoms with Gasteiger partial charge in [0.25, 0.3) is 0 Å². The number of amides is 3. The second-order valence-corrected chi connectivity index (χ2v) is 10.3. The van der Waals surface area contributed by atoms with Gasteiger partial charge in [-0.25, -0.2) is 4.79 Å². The Morgan fingerprint density at radius 3 is 2.31 bits per heavy atom. The van der Waals surface area contributed by atoms with Gasteiger partial charge in [-0.1, -0.05) is 36.8 Å². The van der Waals surface area contributed by atoms with Gasteiger partial charge >= 0.3 is 6.09 Å². The highest BCUT2D eigenvalue weighted by atomic mass is 32.1. The SMILES string of the molecule is Cc1cccc(C(C(=O)NC(C)C)N(C(=O)C(CS)NC(=O)OC(C)(C)C)C2CC2C)c1. The van der Waals surface area contributed by atoms with E-state index >= 15 is 0 Å². The third-order valence-corrected chi connectivity index (χ3v) is 5.53. The molecule has 4 atom stereocenters. The summed E-state index contributed by atoms with van der Waals surface area (Å²) in [6.45, 7) is 13.0. The minimum absolute atomic E-state index is 0.0797. The van der Waals surface area contributed by atoms with Crippen molar-refractivity contribution < 1.29 is 19.1 Å². The Morgan fingerprint density at radius 2 is 1.84 bits per heavy atom. The lowest BCUT2D eigenvalue weighted by Gasteiger charge is -2.35. The third kappa shape index (κ3) is 7.15. The summed E-state index contributed by atoms with van der Waals surface area (Å²) in [4.78, 5) is 41.0. The number of hydrogen-bond acceptors (Lipinski definition) is 5. The van der Waals surface area contributed by atoms with Gasteiger partial charge in [0.2, 0.25) is 11.8 Å². The van der Waals surface area contributed by atoms with Crippen molar-refractivity contribution in [3.63, 3.8) is 0 Å². The van der Waals surface area contributed by atoms with Crippen molar-refractivity contribution >= 4 is 30.5 Å². The van der Waals surface area contributed by atoms with E-state index in [1.807, 2.05) is 45.0 Å². The van der Waals surface area contributed by atoms with E-state index in [0.717, 1.165) is 17.5 Å². The van der Waals surface area contributed by atoms with Crippen molar-refractivity contribution in [1.82, 2.24) is 15.5 Å². The predicted molar refractivity (Wildman–Crippen MR) is 129 cm³/mol. The molecule has 178 valence electrons. The standard InChI is InChI=1S/C24H37N3O4S/c1-14(2)25-21(28)20(17-10-8-9-15(3)11-17)27(19-12-16(19)4)22(29)18(13-32)26-23(30)31-24(5,6)7/h8-11,14,16,18-20,32H,12-13H2,1-7H3,(H,25,28)(H,26,30). The molecule has 1 aromatic carbocycles. The largest absolute Gasteiger partial charge is 0.444 e. The average Bonchev–Trinajstić information content (AvgIpc) is 3.37. The van der Waals surface area contributed by atoms with Crippen molar-refractivity contribution in [3.05, 3.63) is 35.4 Å². The summed E-state index contributed by atoms with van der Waals surface area (Å²) >= 11 is 4.31. The minimum Gasteiger partial charge on any atom is -0.444 e. The molecule has 8 heteroatoms. The molecule has 7 nitrogen and oxygen atoms in total. The maximum Gasteiger partial charge on any atom is 0.408 e. The van der Waals surface area contributed by atoms with E-state index in [1.54, 1.807) is 25.7 Å². The molecule has 0 radical (unpaired) electrons. The van der Waals surface area contributed by atoms with Crippen LogP contribution in [-0.4, -0.2) is 52.3 Å². The van der Waals surface area contributed by atoms with E-state index in [1.165, 1.54) is 0 Å². The fraction of sp³-hybridized carbons (Fsp3) is 0.625. The van der Waals surface area contributed by atoms with Crippen LogP contribution in [0.2, 0.25) is 0 Å². The van der Waals surface area contributed by atoms with Crippen molar-refractivity contribution in [2.24, 2.45) is 5.92 Å². The number of hydrogen-bond donors (Lipinski definition) is 3. The Balaban J connectivity index is 2.41. The lowest BCUT2D eigenvalue weighted by molar-refractivity contribution is -0.143. The molecule has 0 aromatic heterocycles. The summed E-state index contributed by atoms with van der Waals surface area (Å²) in [6, 6.07) is 5.74. The first kappa shape index (κ1) is 26.0. The number of aryl methyl sites for hydroxylation is 1. The lowest BCUT2D eigenvalue weighted by atomic mass is 10.0. The number of nitrogens with one attached hydrogen (secondary N) is 2. The van der Waals surface area contributed by atoms with Crippen molar-refractivity contribution in [2.45, 2.75) is 84.7 Å². The number of carbonyl (C=O) groups is 3. The van der Waals surface area contributed by atoms with Crippen molar-refractivity contribution in [3.8, 4) is 0 Å². The molecule has 4 unspecified atom stereocenters. The highest BCUT2D eigenvalue weighted by molar-refractivity contribution is 7.80. The summed E-state index contributed by atoms with van der Waals surface area (Å²) < 4.78 is 5.32. The monoisotopic (exact) mass is 463 g/mol. The van der Waals surface area contributed by atoms with Gasteiger partial charge in [-0.3, -0.25) is 9.59 Å². The highest BCUT2D eigenvalue weighted by Gasteiger charge is 2.48. The smallest absolute Gasteiger partial charge is 0.408 e. The van der Waals surface area contributed by atoms with Gasteiger partial charge in [0.05, 0.1) is 0 Å². The van der Waals surface area contributed by atoms with Crippen LogP contribution in [0.25, 0.3) is 0 Å². The van der Waals surface area contributed by atoms with E-state index in [0.29, 0.717) is 0 Å². The van der Waals surface area contributed by atoms with E-state index < -0.39 is 23.8 Å². The van der Waals surface area contributed by atoms with Gasteiger partial charge in [-0.2, -0.15) is 12.6 Å². The van der Waals surface area contributed by atoms with Crippen LogP contribution in [0.4, 0.5) is 4.79 Å². The molecule has 0 spiro atoms. The molecule has 1 aliphatic rings. The molecule has 2 N–H and O–H groups in total. The van der Waals surface area contributed by atoms with Gasteiger partial charge < -0.3 is 20.3 Å². The number of carbonyl (C=O) groups excluding carboxylic acids is 3. The molecule has 1 aliphatic carbocycles. The fourth-order valence-corrected chi connectivity index (χ4v) is 3.88. The average molecular weight is 464 g/mol. The molecule has 1 saturated carbocycles. The Bertz CT molecular complexity index is 837. The number of rotatable bonds is 8. The first-order valence-electron chi connectivity index (χ1n) is 11.1. The molecule has 1 fully saturated rings. The quantitative estimate of drug-likeness (QED) is 0.514. The Morgan fingerprint density at radius 1 is 1.22 bits per heavy atom. The predicted octanol–water partition coefficient (Wildman–Crippen LogP) is 3.62. The minimum atomic E-state index is -0.917. The molecule has 0 aliphatic heterocycles. The van der Waals surface area contributed by atoms with E-state index in [9.17, 15) is 14.4 Å². The Hall–Kier alpha value is -2.22. The number of alkyl carbamates (subject to hydrolysis) is 1. The van der Waals surface area contributed by atoms with Crippen molar-refractivity contribution in [1.29, 1.82) is 0 Å². The van der Waals surface area contributed by atoms with Crippen LogP contribution in [0.1, 0.15) is 65.1 Å². The summed E-state index contributed by atoms with van der Waals surface area (Å²) in [5, 5.41) is 5.60. The van der Waals surface area contributed by atoms with Crippen molar-refractivity contribution in [2.75, 3.05) is 5.75 Å². The van der Waals surface area contributed by atoms with E-state index in [4.69, 9.17) is 4.74 Å². The lowest BCUT2D eigenvalue weighted by Crippen LogP contribution is -2.55. The molecule has 1 aromatic rings. The van der Waals surface area contributed by atoms with Crippen LogP contribution >= 0.6 is 12.6 Å². The van der Waals surface area contributed by atoms with Gasteiger partial charge in [0, 0.05) is 17.8 Å². The topological polar surface area (TPSA) is 87.7 Å². The van der Waals surface area contributed by atoms with Crippen LogP contribution in [-0.2, 0) is 14.3 Å². The summed E-state index contributed by atoms with van der Waals surface area (Å²) in [6.07, 6.45) is 0.113. The van der Waals surface area contributed by atoms with Crippen LogP contribution in [0.5, 0.6) is 0 Å². The normalized spacial score (nSPS) is 19.7. The number of ether oxygens (including phenoxy) is 1. The third-order valence-electron chi connectivity index (χ3n) is 5.17. The Labute approximate surface area is 197 Å². The van der Waals surface area contributed by atoms with Crippen LogP contribution in [0.15, 0.2) is 24.3 Å². The fourth-order valence-electron chi connectivity index (χ4n) is 3.63. The van der Waals surface area contributed by atoms with Crippen LogP contribution < -0.4 is 10.6 Å². The zero-order chi connectivity index (χ0) is 24.2. The first-order chi connectivity index (χ1) is 14.8. The van der Waals surface area contributed by atoms with E-state index in [-0.39, 0.29) is 35.6 Å². The number of thiol groups is 1. The summed E-state index contributed by atoms with van der Waals surface area (Å²) in [7, 11) is 0. The van der Waals surface area contributed by atoms with Gasteiger partial charge in [-0.15, -0.1) is 0 Å². The van der Waals surface area contributed by atoms with Gasteiger partial charge in [-0.05, 0) is 59.4 Å². The molecule has 0 saturated heterocycles. The van der Waals surface area contributed by atoms with Gasteiger partial charge in [0.15, 0.2) is 0 Å². The molecule has 2 rings (SSSR count). The maximum absolute atomic E-state index is 13.7. The zero-order valence-electron chi connectivity index (χ0n) is 20.1.